The molecule has 3 aromatic rings. The molecular weight excluding hydrogens is 545 g/mol. The van der Waals surface area contributed by atoms with Crippen LogP contribution in [0.25, 0.3) is 0 Å². The number of carbonyl (C=O) groups is 3. The van der Waals surface area contributed by atoms with Crippen molar-refractivity contribution in [2.45, 2.75) is 6.18 Å². The summed E-state index contributed by atoms with van der Waals surface area (Å²) in [6.07, 6.45) is -2.64. The summed E-state index contributed by atoms with van der Waals surface area (Å²) in [5.74, 6) is -1.94. The molecule has 2 heterocycles. The number of aliphatic hydroxyl groups is 1. The van der Waals surface area contributed by atoms with E-state index in [4.69, 9.17) is 9.84 Å². The van der Waals surface area contributed by atoms with Crippen molar-refractivity contribution in [1.82, 2.24) is 14.9 Å². The molecule has 0 spiro atoms. The Labute approximate surface area is 232 Å². The maximum Gasteiger partial charge on any atom is 0.423 e. The van der Waals surface area contributed by atoms with Gasteiger partial charge in [-0.05, 0) is 36.4 Å². The molecule has 0 saturated carbocycles. The Morgan fingerprint density at radius 2 is 1.88 bits per heavy atom. The van der Waals surface area contributed by atoms with Crippen LogP contribution in [0.4, 0.5) is 36.2 Å². The fourth-order valence-corrected chi connectivity index (χ4v) is 4.03. The van der Waals surface area contributed by atoms with Crippen LogP contribution in [0.15, 0.2) is 61.3 Å². The summed E-state index contributed by atoms with van der Waals surface area (Å²) in [5.41, 5.74) is 0.194. The van der Waals surface area contributed by atoms with E-state index in [1.165, 1.54) is 24.3 Å². The number of hydrogen-bond acceptors (Lipinski definition) is 9. The van der Waals surface area contributed by atoms with Gasteiger partial charge in [-0.1, -0.05) is 12.6 Å². The van der Waals surface area contributed by atoms with Crippen molar-refractivity contribution in [2.24, 2.45) is 0 Å². The number of ether oxygens (including phenoxy) is 1. The summed E-state index contributed by atoms with van der Waals surface area (Å²) in [7, 11) is 0. The standard InChI is InChI=1S/C27H25F3N6O5/c1-2-23(39)32-18-4-3-5-20(13-18)41-25-21(27(28,29)30)14-31-26(34-25)33-22-7-6-19(12-17(22)15-37)35-8-10-36(11-9-35)24(40)16-38/h2-7,12-15,38H,1,8-11,16H2,(H,32,39)(H,31,33,34). The van der Waals surface area contributed by atoms with Crippen LogP contribution in [0.3, 0.4) is 0 Å². The molecule has 0 bridgehead atoms. The number of hydrogen-bond donors (Lipinski definition) is 3. The van der Waals surface area contributed by atoms with Crippen LogP contribution in [0.2, 0.25) is 0 Å². The molecule has 0 unspecified atom stereocenters. The monoisotopic (exact) mass is 570 g/mol. The highest BCUT2D eigenvalue weighted by Gasteiger charge is 2.36. The summed E-state index contributed by atoms with van der Waals surface area (Å²) >= 11 is 0. The Bertz CT molecular complexity index is 1460. The van der Waals surface area contributed by atoms with E-state index in [0.29, 0.717) is 44.3 Å². The van der Waals surface area contributed by atoms with E-state index >= 15 is 0 Å². The highest BCUT2D eigenvalue weighted by atomic mass is 19.4. The second kappa shape index (κ2) is 12.5. The van der Waals surface area contributed by atoms with Crippen molar-refractivity contribution in [3.05, 3.63) is 72.4 Å². The van der Waals surface area contributed by atoms with Gasteiger partial charge < -0.3 is 30.3 Å². The fraction of sp³-hybridized carbons (Fsp3) is 0.222. The molecule has 1 saturated heterocycles. The molecule has 0 atom stereocenters. The minimum absolute atomic E-state index is 0.0271. The van der Waals surface area contributed by atoms with Gasteiger partial charge in [0, 0.05) is 55.4 Å². The predicted molar refractivity (Wildman–Crippen MR) is 143 cm³/mol. The van der Waals surface area contributed by atoms with Gasteiger partial charge in [0.1, 0.15) is 17.9 Å². The van der Waals surface area contributed by atoms with E-state index in [1.807, 2.05) is 4.90 Å². The summed E-state index contributed by atoms with van der Waals surface area (Å²) in [6, 6.07) is 10.6. The first-order chi connectivity index (χ1) is 19.6. The van der Waals surface area contributed by atoms with Crippen LogP contribution >= 0.6 is 0 Å². The number of benzene rings is 2. The van der Waals surface area contributed by atoms with Gasteiger partial charge in [-0.15, -0.1) is 0 Å². The molecule has 2 amide bonds. The number of amides is 2. The lowest BCUT2D eigenvalue weighted by atomic mass is 10.1. The number of halogens is 3. The molecule has 0 radical (unpaired) electrons. The molecular formula is C27H25F3N6O5. The van der Waals surface area contributed by atoms with Crippen LogP contribution in [0.1, 0.15) is 15.9 Å². The average Bonchev–Trinajstić information content (AvgIpc) is 2.96. The molecule has 0 aliphatic carbocycles. The number of nitrogens with one attached hydrogen (secondary N) is 2. The Hall–Kier alpha value is -4.98. The Balaban J connectivity index is 1.56. The molecule has 4 rings (SSSR count). The topological polar surface area (TPSA) is 137 Å². The first-order valence-electron chi connectivity index (χ1n) is 12.3. The molecule has 1 aliphatic heterocycles. The molecule has 1 aliphatic rings. The lowest BCUT2D eigenvalue weighted by Crippen LogP contribution is -2.49. The molecule has 11 nitrogen and oxygen atoms in total. The number of alkyl halides is 3. The van der Waals surface area contributed by atoms with Crippen molar-refractivity contribution in [3.8, 4) is 11.6 Å². The zero-order valence-electron chi connectivity index (χ0n) is 21.5. The number of carbonyl (C=O) groups excluding carboxylic acids is 3. The Morgan fingerprint density at radius 1 is 1.12 bits per heavy atom. The maximum atomic E-state index is 13.7. The first-order valence-corrected chi connectivity index (χ1v) is 12.3. The van der Waals surface area contributed by atoms with Crippen molar-refractivity contribution in [3.63, 3.8) is 0 Å². The fourth-order valence-electron chi connectivity index (χ4n) is 4.03. The van der Waals surface area contributed by atoms with E-state index in [1.54, 1.807) is 23.1 Å². The Kier molecular flexibility index (Phi) is 8.82. The summed E-state index contributed by atoms with van der Waals surface area (Å²) in [4.78, 5) is 46.3. The lowest BCUT2D eigenvalue weighted by Gasteiger charge is -2.36. The minimum Gasteiger partial charge on any atom is -0.438 e. The molecule has 2 aromatic carbocycles. The summed E-state index contributed by atoms with van der Waals surface area (Å²) in [6.45, 7) is 4.56. The van der Waals surface area contributed by atoms with E-state index in [-0.39, 0.29) is 34.5 Å². The highest BCUT2D eigenvalue weighted by Crippen LogP contribution is 2.38. The highest BCUT2D eigenvalue weighted by molar-refractivity contribution is 5.99. The van der Waals surface area contributed by atoms with Gasteiger partial charge in [-0.25, -0.2) is 4.98 Å². The summed E-state index contributed by atoms with van der Waals surface area (Å²) < 4.78 is 46.6. The number of nitrogens with zero attached hydrogens (tertiary/aromatic N) is 4. The van der Waals surface area contributed by atoms with Crippen LogP contribution in [-0.2, 0) is 15.8 Å². The molecule has 1 fully saturated rings. The van der Waals surface area contributed by atoms with Gasteiger partial charge in [0.05, 0.1) is 5.69 Å². The van der Waals surface area contributed by atoms with Crippen LogP contribution in [0.5, 0.6) is 11.6 Å². The van der Waals surface area contributed by atoms with Gasteiger partial charge in [-0.3, -0.25) is 14.4 Å². The van der Waals surface area contributed by atoms with Crippen molar-refractivity contribution >= 4 is 41.1 Å². The molecule has 214 valence electrons. The van der Waals surface area contributed by atoms with Gasteiger partial charge in [0.2, 0.25) is 23.6 Å². The zero-order valence-corrected chi connectivity index (χ0v) is 21.5. The number of rotatable bonds is 9. The van der Waals surface area contributed by atoms with E-state index in [9.17, 15) is 27.6 Å². The third-order valence-corrected chi connectivity index (χ3v) is 6.10. The van der Waals surface area contributed by atoms with Gasteiger partial charge in [-0.2, -0.15) is 18.2 Å². The van der Waals surface area contributed by atoms with Gasteiger partial charge >= 0.3 is 6.18 Å². The number of aldehydes is 1. The number of aliphatic hydroxyl groups excluding tert-OH is 1. The van der Waals surface area contributed by atoms with Gasteiger partial charge in [0.15, 0.2) is 6.29 Å². The minimum atomic E-state index is -4.83. The molecule has 41 heavy (non-hydrogen) atoms. The van der Waals surface area contributed by atoms with Crippen LogP contribution in [-0.4, -0.2) is 70.9 Å². The largest absolute Gasteiger partial charge is 0.438 e. The Morgan fingerprint density at radius 3 is 2.54 bits per heavy atom. The molecule has 3 N–H and O–H groups in total. The number of anilines is 4. The van der Waals surface area contributed by atoms with Crippen LogP contribution < -0.4 is 20.3 Å². The normalized spacial score (nSPS) is 13.4. The van der Waals surface area contributed by atoms with Gasteiger partial charge in [0.25, 0.3) is 0 Å². The second-order valence-corrected chi connectivity index (χ2v) is 8.77. The third-order valence-electron chi connectivity index (χ3n) is 6.10. The van der Waals surface area contributed by atoms with E-state index < -0.39 is 30.1 Å². The van der Waals surface area contributed by atoms with E-state index in [0.717, 1.165) is 6.08 Å². The zero-order chi connectivity index (χ0) is 29.6. The lowest BCUT2D eigenvalue weighted by molar-refractivity contribution is -0.139. The smallest absolute Gasteiger partial charge is 0.423 e. The predicted octanol–water partition coefficient (Wildman–Crippen LogP) is 3.61. The van der Waals surface area contributed by atoms with Crippen LogP contribution in [0, 0.1) is 0 Å². The van der Waals surface area contributed by atoms with Crippen molar-refractivity contribution in [1.29, 1.82) is 0 Å². The molecule has 14 heteroatoms. The first kappa shape index (κ1) is 29.0. The third kappa shape index (κ3) is 7.16. The second-order valence-electron chi connectivity index (χ2n) is 8.77. The van der Waals surface area contributed by atoms with Crippen molar-refractivity contribution < 1.29 is 37.4 Å². The quantitative estimate of drug-likeness (QED) is 0.260. The molecule has 1 aromatic heterocycles. The van der Waals surface area contributed by atoms with Crippen molar-refractivity contribution in [2.75, 3.05) is 48.3 Å². The maximum absolute atomic E-state index is 13.7. The number of aromatic nitrogens is 2. The average molecular weight is 571 g/mol. The van der Waals surface area contributed by atoms with E-state index in [2.05, 4.69) is 27.2 Å². The number of piperazine rings is 1. The summed E-state index contributed by atoms with van der Waals surface area (Å²) in [5, 5.41) is 14.3. The SMILES string of the molecule is C=CC(=O)Nc1cccc(Oc2nc(Nc3ccc(N4CCN(C(=O)CO)CC4)cc3C=O)ncc2C(F)(F)F)c1.